The monoisotopic (exact) mass is 385 g/mol. The molecular formula is C25H23NO3. The predicted octanol–water partition coefficient (Wildman–Crippen LogP) is 5.91. The van der Waals surface area contributed by atoms with E-state index in [-0.39, 0.29) is 17.4 Å². The first-order valence-corrected chi connectivity index (χ1v) is 9.59. The Morgan fingerprint density at radius 1 is 0.966 bits per heavy atom. The molecule has 0 radical (unpaired) electrons. The highest BCUT2D eigenvalue weighted by molar-refractivity contribution is 6.03. The SMILES string of the molecule is Cc1cc(C)c(Cc2ccc(C(=O)Nc3ccc4c(O)cccc4c3)o2)c(C)c1. The maximum Gasteiger partial charge on any atom is 0.291 e. The standard InChI is InChI=1S/C25H23NO3/c1-15-11-16(2)22(17(3)12-15)14-20-8-10-24(29-20)25(28)26-19-7-9-21-18(13-19)5-4-6-23(21)27/h4-13,27H,14H2,1-3H3,(H,26,28). The van der Waals surface area contributed by atoms with Crippen molar-refractivity contribution in [3.05, 3.63) is 94.4 Å². The third-order valence-corrected chi connectivity index (χ3v) is 5.19. The molecule has 3 aromatic carbocycles. The first kappa shape index (κ1) is 18.8. The number of phenols is 1. The second-order valence-electron chi connectivity index (χ2n) is 7.49. The number of aromatic hydroxyl groups is 1. The van der Waals surface area contributed by atoms with Crippen molar-refractivity contribution in [2.24, 2.45) is 0 Å². The van der Waals surface area contributed by atoms with Gasteiger partial charge in [0.15, 0.2) is 5.76 Å². The van der Waals surface area contributed by atoms with Crippen LogP contribution in [0.3, 0.4) is 0 Å². The molecule has 0 fully saturated rings. The minimum atomic E-state index is -0.298. The van der Waals surface area contributed by atoms with Gasteiger partial charge < -0.3 is 14.8 Å². The molecule has 2 N–H and O–H groups in total. The van der Waals surface area contributed by atoms with Gasteiger partial charge in [-0.25, -0.2) is 0 Å². The minimum Gasteiger partial charge on any atom is -0.507 e. The number of benzene rings is 3. The Labute approximate surface area is 169 Å². The average molecular weight is 385 g/mol. The van der Waals surface area contributed by atoms with Gasteiger partial charge in [-0.15, -0.1) is 0 Å². The van der Waals surface area contributed by atoms with Gasteiger partial charge in [0.25, 0.3) is 5.91 Å². The Bertz CT molecular complexity index is 1200. The molecule has 29 heavy (non-hydrogen) atoms. The van der Waals surface area contributed by atoms with Crippen molar-refractivity contribution < 1.29 is 14.3 Å². The summed E-state index contributed by atoms with van der Waals surface area (Å²) < 4.78 is 5.82. The van der Waals surface area contributed by atoms with Crippen LogP contribution < -0.4 is 5.32 Å². The zero-order chi connectivity index (χ0) is 20.5. The summed E-state index contributed by atoms with van der Waals surface area (Å²) in [6.45, 7) is 6.29. The number of furan rings is 1. The Balaban J connectivity index is 1.52. The molecule has 0 unspecified atom stereocenters. The van der Waals surface area contributed by atoms with E-state index in [2.05, 4.69) is 38.2 Å². The summed E-state index contributed by atoms with van der Waals surface area (Å²) in [4.78, 5) is 12.6. The highest BCUT2D eigenvalue weighted by Crippen LogP contribution is 2.27. The fourth-order valence-corrected chi connectivity index (χ4v) is 3.79. The van der Waals surface area contributed by atoms with Crippen molar-refractivity contribution in [1.82, 2.24) is 0 Å². The van der Waals surface area contributed by atoms with Gasteiger partial charge in [-0.2, -0.15) is 0 Å². The second-order valence-corrected chi connectivity index (χ2v) is 7.49. The topological polar surface area (TPSA) is 62.5 Å². The van der Waals surface area contributed by atoms with Crippen molar-refractivity contribution in [2.75, 3.05) is 5.32 Å². The lowest BCUT2D eigenvalue weighted by molar-refractivity contribution is 0.0995. The van der Waals surface area contributed by atoms with Crippen molar-refractivity contribution in [1.29, 1.82) is 0 Å². The number of aryl methyl sites for hydroxylation is 3. The first-order chi connectivity index (χ1) is 13.9. The van der Waals surface area contributed by atoms with Crippen LogP contribution in [0.4, 0.5) is 5.69 Å². The summed E-state index contributed by atoms with van der Waals surface area (Å²) in [7, 11) is 0. The van der Waals surface area contributed by atoms with E-state index in [1.54, 1.807) is 30.3 Å². The van der Waals surface area contributed by atoms with Gasteiger partial charge in [0, 0.05) is 17.5 Å². The lowest BCUT2D eigenvalue weighted by atomic mass is 9.97. The molecule has 0 saturated carbocycles. The molecule has 0 aliphatic carbocycles. The van der Waals surface area contributed by atoms with Crippen LogP contribution in [0.25, 0.3) is 10.8 Å². The summed E-state index contributed by atoms with van der Waals surface area (Å²) in [6.07, 6.45) is 0.653. The third-order valence-electron chi connectivity index (χ3n) is 5.19. The molecule has 4 rings (SSSR count). The fraction of sp³-hybridized carbons (Fsp3) is 0.160. The molecular weight excluding hydrogens is 362 g/mol. The van der Waals surface area contributed by atoms with E-state index in [0.717, 1.165) is 16.5 Å². The van der Waals surface area contributed by atoms with Crippen LogP contribution in [0, 0.1) is 20.8 Å². The van der Waals surface area contributed by atoms with E-state index < -0.39 is 0 Å². The van der Waals surface area contributed by atoms with Gasteiger partial charge in [-0.05, 0) is 79.2 Å². The highest BCUT2D eigenvalue weighted by Gasteiger charge is 2.14. The molecule has 0 atom stereocenters. The highest BCUT2D eigenvalue weighted by atomic mass is 16.3. The number of amides is 1. The third kappa shape index (κ3) is 3.87. The van der Waals surface area contributed by atoms with E-state index in [1.807, 2.05) is 18.2 Å². The minimum absolute atomic E-state index is 0.220. The number of nitrogens with one attached hydrogen (secondary N) is 1. The van der Waals surface area contributed by atoms with Crippen molar-refractivity contribution in [2.45, 2.75) is 27.2 Å². The molecule has 0 spiro atoms. The molecule has 0 aliphatic heterocycles. The molecule has 146 valence electrons. The summed E-state index contributed by atoms with van der Waals surface area (Å²) in [5.41, 5.74) is 5.57. The number of carbonyl (C=O) groups excluding carboxylic acids is 1. The van der Waals surface area contributed by atoms with E-state index in [1.165, 1.54) is 22.3 Å². The molecule has 0 aliphatic rings. The number of rotatable bonds is 4. The normalized spacial score (nSPS) is 11.0. The fourth-order valence-electron chi connectivity index (χ4n) is 3.79. The van der Waals surface area contributed by atoms with Crippen LogP contribution in [0.5, 0.6) is 5.75 Å². The predicted molar refractivity (Wildman–Crippen MR) is 116 cm³/mol. The van der Waals surface area contributed by atoms with Crippen LogP contribution in [0.1, 0.15) is 38.6 Å². The van der Waals surface area contributed by atoms with Gasteiger partial charge in [-0.1, -0.05) is 29.8 Å². The number of carbonyl (C=O) groups is 1. The van der Waals surface area contributed by atoms with Gasteiger partial charge >= 0.3 is 0 Å². The van der Waals surface area contributed by atoms with E-state index in [0.29, 0.717) is 12.1 Å². The summed E-state index contributed by atoms with van der Waals surface area (Å²) >= 11 is 0. The Morgan fingerprint density at radius 3 is 2.48 bits per heavy atom. The maximum absolute atomic E-state index is 12.6. The molecule has 1 heterocycles. The Hall–Kier alpha value is -3.53. The second kappa shape index (κ2) is 7.47. The molecule has 4 aromatic rings. The summed E-state index contributed by atoms with van der Waals surface area (Å²) in [6, 6.07) is 18.6. The largest absolute Gasteiger partial charge is 0.507 e. The zero-order valence-electron chi connectivity index (χ0n) is 16.7. The van der Waals surface area contributed by atoms with Crippen molar-refractivity contribution in [3.8, 4) is 5.75 Å². The molecule has 0 saturated heterocycles. The number of hydrogen-bond donors (Lipinski definition) is 2. The molecule has 1 aromatic heterocycles. The van der Waals surface area contributed by atoms with E-state index in [4.69, 9.17) is 4.42 Å². The lowest BCUT2D eigenvalue weighted by Gasteiger charge is -2.10. The van der Waals surface area contributed by atoms with Crippen LogP contribution in [-0.4, -0.2) is 11.0 Å². The quantitative estimate of drug-likeness (QED) is 0.459. The van der Waals surface area contributed by atoms with Gasteiger partial charge in [0.2, 0.25) is 0 Å². The van der Waals surface area contributed by atoms with Crippen LogP contribution in [0.2, 0.25) is 0 Å². The van der Waals surface area contributed by atoms with E-state index in [9.17, 15) is 9.90 Å². The summed E-state index contributed by atoms with van der Waals surface area (Å²) in [5.74, 6) is 0.956. The Morgan fingerprint density at radius 2 is 1.72 bits per heavy atom. The van der Waals surface area contributed by atoms with Crippen molar-refractivity contribution in [3.63, 3.8) is 0 Å². The van der Waals surface area contributed by atoms with Crippen LogP contribution in [0.15, 0.2) is 65.1 Å². The smallest absolute Gasteiger partial charge is 0.291 e. The summed E-state index contributed by atoms with van der Waals surface area (Å²) in [5, 5.41) is 14.4. The number of phenolic OH excluding ortho intramolecular Hbond substituents is 1. The zero-order valence-corrected chi connectivity index (χ0v) is 16.7. The molecule has 0 bridgehead atoms. The van der Waals surface area contributed by atoms with E-state index >= 15 is 0 Å². The lowest BCUT2D eigenvalue weighted by Crippen LogP contribution is -2.10. The Kier molecular flexibility index (Phi) is 4.85. The van der Waals surface area contributed by atoms with Gasteiger partial charge in [-0.3, -0.25) is 4.79 Å². The van der Waals surface area contributed by atoms with Crippen LogP contribution in [-0.2, 0) is 6.42 Å². The number of fused-ring (bicyclic) bond motifs is 1. The maximum atomic E-state index is 12.6. The average Bonchev–Trinajstić information content (AvgIpc) is 3.14. The van der Waals surface area contributed by atoms with Gasteiger partial charge in [0.1, 0.15) is 11.5 Å². The van der Waals surface area contributed by atoms with Crippen molar-refractivity contribution >= 4 is 22.4 Å². The molecule has 4 nitrogen and oxygen atoms in total. The first-order valence-electron chi connectivity index (χ1n) is 9.59. The van der Waals surface area contributed by atoms with Crippen LogP contribution >= 0.6 is 0 Å². The molecule has 4 heteroatoms. The van der Waals surface area contributed by atoms with Gasteiger partial charge in [0.05, 0.1) is 0 Å². The molecule has 1 amide bonds. The number of anilines is 1. The number of hydrogen-bond acceptors (Lipinski definition) is 3.